The Morgan fingerprint density at radius 1 is 0.426 bits per heavy atom. The van der Waals surface area contributed by atoms with E-state index < -0.39 is 0 Å². The average Bonchev–Trinajstić information content (AvgIpc) is 3.10. The number of unbranched alkanes of at least 4 members (excludes halogenated alkanes) is 24. The first-order chi connectivity index (χ1) is 25.0. The average molecular weight is 905 g/mol. The molecule has 54 heavy (non-hydrogen) atoms. The van der Waals surface area contributed by atoms with Gasteiger partial charge in [-0.1, -0.05) is 135 Å². The van der Waals surface area contributed by atoms with Gasteiger partial charge in [-0.15, -0.1) is 0 Å². The summed E-state index contributed by atoms with van der Waals surface area (Å²) in [6, 6.07) is 0. The molecule has 0 fully saturated rings. The van der Waals surface area contributed by atoms with Crippen LogP contribution in [0.15, 0.2) is 0 Å². The minimum atomic E-state index is -0.112. The van der Waals surface area contributed by atoms with E-state index in [1.54, 1.807) is 0 Å². The molecule has 0 atom stereocenters. The summed E-state index contributed by atoms with van der Waals surface area (Å²) in [5.74, 6) is -0.150. The number of aliphatic hydroxyl groups excluding tert-OH is 2. The quantitative estimate of drug-likeness (QED) is 0.0550. The van der Waals surface area contributed by atoms with Gasteiger partial charge in [-0.25, -0.2) is 0 Å². The molecule has 0 aromatic carbocycles. The molecule has 10 heteroatoms. The van der Waals surface area contributed by atoms with Gasteiger partial charge in [0, 0.05) is 12.8 Å². The molecule has 0 aliphatic carbocycles. The fraction of sp³-hybridized carbons (Fsp3) is 0.955. The minimum absolute atomic E-state index is 0. The van der Waals surface area contributed by atoms with Gasteiger partial charge in [0.05, 0.1) is 68.2 Å². The topological polar surface area (TPSA) is 93.1 Å². The molecule has 328 valence electrons. The Kier molecular flexibility index (Phi) is 50.8. The lowest BCUT2D eigenvalue weighted by Gasteiger charge is -2.28. The molecule has 0 unspecified atom stereocenters. The fourth-order valence-corrected chi connectivity index (χ4v) is 6.63. The van der Waals surface area contributed by atoms with Crippen LogP contribution >= 0.6 is 0 Å². The molecule has 0 bridgehead atoms. The van der Waals surface area contributed by atoms with Crippen molar-refractivity contribution in [3.05, 3.63) is 0 Å². The number of quaternary nitrogens is 2. The molecular weight excluding hydrogens is 812 g/mol. The number of aliphatic hydroxyl groups is 2. The highest BCUT2D eigenvalue weighted by Gasteiger charge is 2.13. The van der Waals surface area contributed by atoms with E-state index in [0.29, 0.717) is 26.1 Å². The molecule has 8 nitrogen and oxygen atoms in total. The third kappa shape index (κ3) is 49.8. The third-order valence-corrected chi connectivity index (χ3v) is 10.4. The molecule has 2 N–H and O–H groups in total. The Morgan fingerprint density at radius 3 is 1.06 bits per heavy atom. The first-order valence-corrected chi connectivity index (χ1v) is 22.1. The molecule has 0 rings (SSSR count). The largest absolute Gasteiger partial charge is 1.00 e. The summed E-state index contributed by atoms with van der Waals surface area (Å²) >= 11 is 0. The second-order valence-corrected chi connectivity index (χ2v) is 16.7. The molecule has 0 saturated heterocycles. The number of halogens is 2. The summed E-state index contributed by atoms with van der Waals surface area (Å²) in [7, 11) is 10.2. The zero-order valence-corrected chi connectivity index (χ0v) is 39.8. The van der Waals surface area contributed by atoms with Gasteiger partial charge in [-0.2, -0.15) is 0 Å². The van der Waals surface area contributed by atoms with Crippen molar-refractivity contribution in [1.82, 2.24) is 0 Å². The van der Waals surface area contributed by atoms with Crippen molar-refractivity contribution in [2.24, 2.45) is 0 Å². The first-order valence-electron chi connectivity index (χ1n) is 22.1. The zero-order valence-electron chi connectivity index (χ0n) is 36.6. The van der Waals surface area contributed by atoms with Crippen LogP contribution in [0.2, 0.25) is 0 Å². The smallest absolute Gasteiger partial charge is 0.305 e. The van der Waals surface area contributed by atoms with E-state index in [9.17, 15) is 9.59 Å². The SMILES string of the molecule is CCCCCCCCCCCC[N+](C)(C)CCO.COC(=O)CCCCCCCCCCC(=O)OCCCCCCCCCCC[N+](C)(C)CCO.[Br-].[Br-]. The van der Waals surface area contributed by atoms with Gasteiger partial charge in [0.15, 0.2) is 0 Å². The minimum Gasteiger partial charge on any atom is -1.00 e. The van der Waals surface area contributed by atoms with Crippen molar-refractivity contribution in [3.8, 4) is 0 Å². The summed E-state index contributed by atoms with van der Waals surface area (Å²) in [5.41, 5.74) is 0. The maximum Gasteiger partial charge on any atom is 0.305 e. The maximum absolute atomic E-state index is 11.8. The van der Waals surface area contributed by atoms with Gasteiger partial charge < -0.3 is 62.6 Å². The van der Waals surface area contributed by atoms with E-state index in [2.05, 4.69) is 39.9 Å². The summed E-state index contributed by atoms with van der Waals surface area (Å²) < 4.78 is 11.9. The van der Waals surface area contributed by atoms with E-state index in [4.69, 9.17) is 14.9 Å². The predicted molar refractivity (Wildman–Crippen MR) is 220 cm³/mol. The standard InChI is InChI=1S/C28H56NO5.C16H36NO.2BrH/c1-29(2,24-25-30)23-19-15-11-7-4-8-12-16-20-26-34-28(32)22-18-14-10-6-5-9-13-17-21-27(31)33-3;1-4-5-6-7-8-9-10-11-12-13-14-17(2,3)15-16-18;;/h30H,4-26H2,1-3H3;18H,4-16H2,1-3H3;2*1H/q2*+1;;/p-2. The number of methoxy groups -OCH3 is 1. The molecular formula is C44H92Br2N2O6. The highest BCUT2D eigenvalue weighted by molar-refractivity contribution is 5.69. The molecule has 0 aliphatic rings. The number of hydrogen-bond donors (Lipinski definition) is 2. The monoisotopic (exact) mass is 903 g/mol. The van der Waals surface area contributed by atoms with Crippen molar-refractivity contribution in [2.75, 3.05) is 81.3 Å². The highest BCUT2D eigenvalue weighted by atomic mass is 79.9. The Hall–Kier alpha value is -0.260. The molecule has 0 amide bonds. The Bertz CT molecular complexity index is 773. The molecule has 0 radical (unpaired) electrons. The molecule has 0 aromatic heterocycles. The molecule has 0 aliphatic heterocycles. The Labute approximate surface area is 357 Å². The summed E-state index contributed by atoms with van der Waals surface area (Å²) in [4.78, 5) is 22.8. The zero-order chi connectivity index (χ0) is 39.0. The van der Waals surface area contributed by atoms with Crippen LogP contribution in [-0.2, 0) is 19.1 Å². The van der Waals surface area contributed by atoms with Crippen LogP contribution in [0.3, 0.4) is 0 Å². The molecule has 0 aromatic rings. The number of nitrogens with zero attached hydrogens (tertiary/aromatic N) is 2. The summed E-state index contributed by atoms with van der Waals surface area (Å²) in [6.45, 7) is 7.52. The van der Waals surface area contributed by atoms with Crippen molar-refractivity contribution >= 4 is 11.9 Å². The van der Waals surface area contributed by atoms with Crippen LogP contribution in [0.5, 0.6) is 0 Å². The predicted octanol–water partition coefficient (Wildman–Crippen LogP) is 4.17. The number of likely N-dealkylation sites (N-methyl/N-ethyl adjacent to an activating group) is 2. The second kappa shape index (κ2) is 45.4. The fourth-order valence-electron chi connectivity index (χ4n) is 6.63. The van der Waals surface area contributed by atoms with E-state index in [0.717, 1.165) is 67.1 Å². The molecule has 0 spiro atoms. The number of carbonyl (C=O) groups excluding carboxylic acids is 2. The van der Waals surface area contributed by atoms with Crippen LogP contribution in [0.4, 0.5) is 0 Å². The van der Waals surface area contributed by atoms with E-state index in [1.165, 1.54) is 148 Å². The number of hydrogen-bond acceptors (Lipinski definition) is 6. The van der Waals surface area contributed by atoms with E-state index in [1.807, 2.05) is 0 Å². The number of rotatable bonds is 38. The van der Waals surface area contributed by atoms with Crippen LogP contribution < -0.4 is 34.0 Å². The lowest BCUT2D eigenvalue weighted by molar-refractivity contribution is -0.890. The number of esters is 2. The summed E-state index contributed by atoms with van der Waals surface area (Å²) in [5, 5.41) is 18.0. The van der Waals surface area contributed by atoms with Crippen LogP contribution in [0, 0.1) is 0 Å². The van der Waals surface area contributed by atoms with Gasteiger partial charge in [0.2, 0.25) is 0 Å². The molecule has 0 saturated carbocycles. The first kappa shape index (κ1) is 60.4. The van der Waals surface area contributed by atoms with E-state index in [-0.39, 0.29) is 52.5 Å². The summed E-state index contributed by atoms with van der Waals surface area (Å²) in [6.07, 6.45) is 35.0. The number of ether oxygens (including phenoxy) is 2. The van der Waals surface area contributed by atoms with Gasteiger partial charge in [-0.05, 0) is 44.9 Å². The lowest BCUT2D eigenvalue weighted by Crippen LogP contribution is -3.00. The Balaban J connectivity index is -0.000000531. The van der Waals surface area contributed by atoms with Crippen LogP contribution in [-0.4, -0.2) is 112 Å². The van der Waals surface area contributed by atoms with Crippen molar-refractivity contribution < 1.29 is 72.2 Å². The van der Waals surface area contributed by atoms with Crippen LogP contribution in [0.25, 0.3) is 0 Å². The van der Waals surface area contributed by atoms with E-state index >= 15 is 0 Å². The Morgan fingerprint density at radius 2 is 0.722 bits per heavy atom. The second-order valence-electron chi connectivity index (χ2n) is 16.7. The van der Waals surface area contributed by atoms with Crippen molar-refractivity contribution in [2.45, 2.75) is 193 Å². The lowest BCUT2D eigenvalue weighted by atomic mass is 10.1. The van der Waals surface area contributed by atoms with Gasteiger partial charge in [0.25, 0.3) is 0 Å². The maximum atomic E-state index is 11.8. The number of carbonyl (C=O) groups is 2. The van der Waals surface area contributed by atoms with Gasteiger partial charge >= 0.3 is 11.9 Å². The third-order valence-electron chi connectivity index (χ3n) is 10.4. The van der Waals surface area contributed by atoms with Gasteiger partial charge in [0.1, 0.15) is 13.1 Å². The van der Waals surface area contributed by atoms with Crippen molar-refractivity contribution in [3.63, 3.8) is 0 Å². The highest BCUT2D eigenvalue weighted by Crippen LogP contribution is 2.14. The van der Waals surface area contributed by atoms with Crippen molar-refractivity contribution in [1.29, 1.82) is 0 Å². The van der Waals surface area contributed by atoms with Gasteiger partial charge in [-0.3, -0.25) is 9.59 Å². The normalized spacial score (nSPS) is 11.3. The van der Waals surface area contributed by atoms with Crippen LogP contribution in [0.1, 0.15) is 193 Å². The molecule has 0 heterocycles.